The highest BCUT2D eigenvalue weighted by molar-refractivity contribution is 5.83. The highest BCUT2D eigenvalue weighted by atomic mass is 16.2. The highest BCUT2D eigenvalue weighted by Crippen LogP contribution is 2.35. The van der Waals surface area contributed by atoms with Crippen molar-refractivity contribution in [2.24, 2.45) is 11.3 Å². The first-order valence-electron chi connectivity index (χ1n) is 8.19. The molecule has 0 spiro atoms. The number of hydrogen-bond donors (Lipinski definition) is 2. The molecule has 0 aromatic heterocycles. The Hall–Kier alpha value is -0.570. The summed E-state index contributed by atoms with van der Waals surface area (Å²) in [6, 6.07) is 0.360. The van der Waals surface area contributed by atoms with Gasteiger partial charge in [-0.3, -0.25) is 4.79 Å². The van der Waals surface area contributed by atoms with E-state index in [1.165, 1.54) is 25.7 Å². The van der Waals surface area contributed by atoms with Crippen molar-refractivity contribution in [3.05, 3.63) is 0 Å². The summed E-state index contributed by atoms with van der Waals surface area (Å²) in [7, 11) is 0. The Morgan fingerprint density at radius 3 is 2.53 bits per heavy atom. The molecule has 1 unspecified atom stereocenters. The Kier molecular flexibility index (Phi) is 5.26. The largest absolute Gasteiger partial charge is 0.353 e. The molecule has 19 heavy (non-hydrogen) atoms. The minimum absolute atomic E-state index is 0.0904. The second-order valence-corrected chi connectivity index (χ2v) is 6.59. The van der Waals surface area contributed by atoms with E-state index in [0.29, 0.717) is 17.9 Å². The molecule has 2 N–H and O–H groups in total. The van der Waals surface area contributed by atoms with Gasteiger partial charge < -0.3 is 10.6 Å². The van der Waals surface area contributed by atoms with Crippen LogP contribution in [-0.4, -0.2) is 25.0 Å². The molecule has 0 aromatic carbocycles. The summed E-state index contributed by atoms with van der Waals surface area (Å²) in [5.41, 5.74) is -0.0904. The molecule has 1 aliphatic heterocycles. The number of piperidine rings is 1. The molecule has 2 aliphatic rings. The van der Waals surface area contributed by atoms with Crippen LogP contribution in [0.4, 0.5) is 0 Å². The Bertz CT molecular complexity index is 286. The normalized spacial score (nSPS) is 25.2. The van der Waals surface area contributed by atoms with Gasteiger partial charge in [-0.2, -0.15) is 0 Å². The van der Waals surface area contributed by atoms with Crippen LogP contribution in [0.15, 0.2) is 0 Å². The van der Waals surface area contributed by atoms with E-state index in [9.17, 15) is 4.79 Å². The summed E-state index contributed by atoms with van der Waals surface area (Å²) in [5.74, 6) is 1.04. The van der Waals surface area contributed by atoms with Crippen molar-refractivity contribution in [3.63, 3.8) is 0 Å². The second-order valence-electron chi connectivity index (χ2n) is 6.59. The number of carbonyl (C=O) groups excluding carboxylic acids is 1. The fourth-order valence-corrected chi connectivity index (χ4v) is 3.91. The highest BCUT2D eigenvalue weighted by Gasteiger charge is 2.39. The van der Waals surface area contributed by atoms with Crippen LogP contribution in [0.25, 0.3) is 0 Å². The van der Waals surface area contributed by atoms with Gasteiger partial charge in [-0.05, 0) is 58.0 Å². The van der Waals surface area contributed by atoms with Crippen LogP contribution in [0.3, 0.4) is 0 Å². The zero-order valence-corrected chi connectivity index (χ0v) is 12.6. The number of rotatable bonds is 5. The van der Waals surface area contributed by atoms with E-state index >= 15 is 0 Å². The summed E-state index contributed by atoms with van der Waals surface area (Å²) in [4.78, 5) is 12.7. The molecule has 1 aliphatic carbocycles. The molecule has 0 bridgehead atoms. The predicted octanol–water partition coefficient (Wildman–Crippen LogP) is 2.85. The maximum Gasteiger partial charge on any atom is 0.226 e. The third-order valence-electron chi connectivity index (χ3n) is 5.24. The van der Waals surface area contributed by atoms with Crippen molar-refractivity contribution in [2.75, 3.05) is 13.1 Å². The van der Waals surface area contributed by atoms with Crippen LogP contribution < -0.4 is 10.6 Å². The molecular formula is C16H30N2O. The van der Waals surface area contributed by atoms with Crippen LogP contribution in [0.5, 0.6) is 0 Å². The number of carbonyl (C=O) groups is 1. The molecule has 0 aromatic rings. The van der Waals surface area contributed by atoms with Crippen molar-refractivity contribution >= 4 is 5.91 Å². The third kappa shape index (κ3) is 3.50. The molecule has 1 saturated heterocycles. The lowest BCUT2D eigenvalue weighted by Gasteiger charge is -2.37. The topological polar surface area (TPSA) is 41.1 Å². The summed E-state index contributed by atoms with van der Waals surface area (Å²) in [6.45, 7) is 6.38. The molecule has 1 saturated carbocycles. The van der Waals surface area contributed by atoms with Gasteiger partial charge in [0.25, 0.3) is 0 Å². The average molecular weight is 266 g/mol. The minimum atomic E-state index is -0.0904. The summed E-state index contributed by atoms with van der Waals surface area (Å²) >= 11 is 0. The Balaban J connectivity index is 1.94. The molecule has 2 fully saturated rings. The Labute approximate surface area is 117 Å². The van der Waals surface area contributed by atoms with Gasteiger partial charge in [0.15, 0.2) is 0 Å². The van der Waals surface area contributed by atoms with Gasteiger partial charge in [-0.25, -0.2) is 0 Å². The van der Waals surface area contributed by atoms with Gasteiger partial charge in [-0.1, -0.05) is 26.2 Å². The molecule has 1 heterocycles. The predicted molar refractivity (Wildman–Crippen MR) is 79.0 cm³/mol. The molecule has 1 amide bonds. The molecular weight excluding hydrogens is 236 g/mol. The van der Waals surface area contributed by atoms with Crippen molar-refractivity contribution in [1.82, 2.24) is 10.6 Å². The van der Waals surface area contributed by atoms with Gasteiger partial charge in [0, 0.05) is 6.04 Å². The molecule has 3 heteroatoms. The molecule has 1 atom stereocenters. The summed E-state index contributed by atoms with van der Waals surface area (Å²) < 4.78 is 0. The number of amides is 1. The van der Waals surface area contributed by atoms with E-state index in [-0.39, 0.29) is 5.41 Å². The third-order valence-corrected chi connectivity index (χ3v) is 5.24. The van der Waals surface area contributed by atoms with E-state index in [0.717, 1.165) is 38.8 Å². The van der Waals surface area contributed by atoms with Gasteiger partial charge in [0.1, 0.15) is 0 Å². The van der Waals surface area contributed by atoms with Crippen LogP contribution in [-0.2, 0) is 4.79 Å². The van der Waals surface area contributed by atoms with E-state index in [1.807, 2.05) is 0 Å². The smallest absolute Gasteiger partial charge is 0.226 e. The zero-order chi connectivity index (χ0) is 13.7. The summed E-state index contributed by atoms with van der Waals surface area (Å²) in [6.07, 6.45) is 9.43. The van der Waals surface area contributed by atoms with Gasteiger partial charge in [-0.15, -0.1) is 0 Å². The SMILES string of the molecule is CCCC1(C(=O)NC(C)C2CCCC2)CCNCC1. The van der Waals surface area contributed by atoms with Crippen molar-refractivity contribution in [3.8, 4) is 0 Å². The number of nitrogens with one attached hydrogen (secondary N) is 2. The quantitative estimate of drug-likeness (QED) is 0.803. The average Bonchev–Trinajstić information content (AvgIpc) is 2.94. The van der Waals surface area contributed by atoms with Crippen molar-refractivity contribution in [1.29, 1.82) is 0 Å². The van der Waals surface area contributed by atoms with Gasteiger partial charge in [0.05, 0.1) is 5.41 Å². The van der Waals surface area contributed by atoms with E-state index in [1.54, 1.807) is 0 Å². The maximum atomic E-state index is 12.7. The van der Waals surface area contributed by atoms with Crippen LogP contribution in [0, 0.1) is 11.3 Å². The lowest BCUT2D eigenvalue weighted by molar-refractivity contribution is -0.134. The molecule has 2 rings (SSSR count). The van der Waals surface area contributed by atoms with E-state index in [2.05, 4.69) is 24.5 Å². The standard InChI is InChI=1S/C16H30N2O/c1-3-8-16(9-11-17-12-10-16)15(19)18-13(2)14-6-4-5-7-14/h13-14,17H,3-12H2,1-2H3,(H,18,19). The van der Waals surface area contributed by atoms with Gasteiger partial charge >= 0.3 is 0 Å². The minimum Gasteiger partial charge on any atom is -0.353 e. The Morgan fingerprint density at radius 1 is 1.32 bits per heavy atom. The van der Waals surface area contributed by atoms with Crippen molar-refractivity contribution < 1.29 is 4.79 Å². The van der Waals surface area contributed by atoms with Crippen LogP contribution >= 0.6 is 0 Å². The van der Waals surface area contributed by atoms with Crippen molar-refractivity contribution in [2.45, 2.75) is 71.3 Å². The first-order valence-corrected chi connectivity index (χ1v) is 8.19. The first-order chi connectivity index (χ1) is 9.18. The fourth-order valence-electron chi connectivity index (χ4n) is 3.91. The monoisotopic (exact) mass is 266 g/mol. The Morgan fingerprint density at radius 2 is 1.95 bits per heavy atom. The van der Waals surface area contributed by atoms with E-state index < -0.39 is 0 Å². The second kappa shape index (κ2) is 6.74. The zero-order valence-electron chi connectivity index (χ0n) is 12.6. The van der Waals surface area contributed by atoms with Crippen LogP contribution in [0.2, 0.25) is 0 Å². The van der Waals surface area contributed by atoms with Gasteiger partial charge in [0.2, 0.25) is 5.91 Å². The summed E-state index contributed by atoms with van der Waals surface area (Å²) in [5, 5.41) is 6.73. The molecule has 3 nitrogen and oxygen atoms in total. The lowest BCUT2D eigenvalue weighted by Crippen LogP contribution is -2.50. The fraction of sp³-hybridized carbons (Fsp3) is 0.938. The first kappa shape index (κ1) is 14.8. The maximum absolute atomic E-state index is 12.7. The number of hydrogen-bond acceptors (Lipinski definition) is 2. The lowest BCUT2D eigenvalue weighted by atomic mass is 9.74. The molecule has 110 valence electrons. The van der Waals surface area contributed by atoms with E-state index in [4.69, 9.17) is 0 Å². The van der Waals surface area contributed by atoms with Crippen LogP contribution in [0.1, 0.15) is 65.2 Å². The molecule has 0 radical (unpaired) electrons.